The van der Waals surface area contributed by atoms with Gasteiger partial charge in [-0.25, -0.2) is 4.39 Å². The highest BCUT2D eigenvalue weighted by atomic mass is 19.3. The van der Waals surface area contributed by atoms with Gasteiger partial charge in [-0.2, -0.15) is 8.78 Å². The highest BCUT2D eigenvalue weighted by Gasteiger charge is 2.28. The molecule has 0 aliphatic heterocycles. The lowest BCUT2D eigenvalue weighted by Gasteiger charge is -2.13. The molecule has 2 nitrogen and oxygen atoms in total. The molecular formula is C20H17F4NO. The molecule has 0 unspecified atom stereocenters. The highest BCUT2D eigenvalue weighted by Crippen LogP contribution is 2.46. The lowest BCUT2D eigenvalue weighted by Crippen LogP contribution is -2.04. The summed E-state index contributed by atoms with van der Waals surface area (Å²) < 4.78 is 56.8. The maximum atomic E-state index is 14.9. The average molecular weight is 363 g/mol. The van der Waals surface area contributed by atoms with Gasteiger partial charge in [-0.1, -0.05) is 17.9 Å². The molecule has 0 amide bonds. The fourth-order valence-electron chi connectivity index (χ4n) is 2.77. The zero-order valence-electron chi connectivity index (χ0n) is 13.9. The van der Waals surface area contributed by atoms with E-state index in [1.807, 2.05) is 0 Å². The summed E-state index contributed by atoms with van der Waals surface area (Å²) in [5.41, 5.74) is 7.38. The number of hydrogen-bond donors (Lipinski definition) is 1. The summed E-state index contributed by atoms with van der Waals surface area (Å²) in [6.45, 7) is -3.53. The van der Waals surface area contributed by atoms with Crippen molar-refractivity contribution >= 4 is 5.69 Å². The van der Waals surface area contributed by atoms with Crippen LogP contribution >= 0.6 is 0 Å². The number of benzene rings is 2. The third-order valence-electron chi connectivity index (χ3n) is 4.16. The quantitative estimate of drug-likeness (QED) is 0.446. The largest absolute Gasteiger partial charge is 0.435 e. The van der Waals surface area contributed by atoms with Crippen molar-refractivity contribution in [3.05, 3.63) is 47.3 Å². The number of alkyl halides is 3. The Morgan fingerprint density at radius 2 is 1.96 bits per heavy atom. The summed E-state index contributed by atoms with van der Waals surface area (Å²) in [6, 6.07) is 7.67. The number of anilines is 1. The maximum Gasteiger partial charge on any atom is 0.387 e. The van der Waals surface area contributed by atoms with E-state index in [9.17, 15) is 17.6 Å². The van der Waals surface area contributed by atoms with Gasteiger partial charge in [-0.05, 0) is 54.2 Å². The summed E-state index contributed by atoms with van der Waals surface area (Å²) in [6.07, 6.45) is 1.76. The van der Waals surface area contributed by atoms with Crippen LogP contribution in [0, 0.1) is 17.7 Å². The first-order valence-corrected chi connectivity index (χ1v) is 8.23. The number of ether oxygens (including phenoxy) is 1. The second-order valence-corrected chi connectivity index (χ2v) is 6.04. The smallest absolute Gasteiger partial charge is 0.387 e. The Labute approximate surface area is 149 Å². The standard InChI is InChI=1S/C20H17F4NO/c21-10-2-1-3-15-17(25)8-7-14(19(15)22)13-6-9-18(26-20(23)24)16(11-13)12-4-5-12/h6-9,11-12,20H,2,4-5,10,25H2. The van der Waals surface area contributed by atoms with Gasteiger partial charge in [0, 0.05) is 12.0 Å². The molecule has 0 bridgehead atoms. The molecule has 0 heterocycles. The molecule has 1 saturated carbocycles. The number of nitrogen functional groups attached to an aromatic ring is 1. The Bertz CT molecular complexity index is 866. The average Bonchev–Trinajstić information content (AvgIpc) is 3.43. The number of nitrogens with two attached hydrogens (primary N) is 1. The van der Waals surface area contributed by atoms with Crippen molar-refractivity contribution in [2.75, 3.05) is 12.4 Å². The molecule has 2 aromatic carbocycles. The van der Waals surface area contributed by atoms with Gasteiger partial charge in [0.25, 0.3) is 0 Å². The molecule has 0 atom stereocenters. The van der Waals surface area contributed by atoms with E-state index in [1.165, 1.54) is 24.3 Å². The molecule has 0 radical (unpaired) electrons. The molecule has 1 fully saturated rings. The molecule has 6 heteroatoms. The second kappa shape index (κ2) is 7.69. The minimum atomic E-state index is -2.91. The predicted molar refractivity (Wildman–Crippen MR) is 92.3 cm³/mol. The van der Waals surface area contributed by atoms with Gasteiger partial charge in [0.15, 0.2) is 0 Å². The van der Waals surface area contributed by atoms with Crippen LogP contribution in [0.2, 0.25) is 0 Å². The van der Waals surface area contributed by atoms with E-state index < -0.39 is 19.1 Å². The van der Waals surface area contributed by atoms with Crippen LogP contribution in [0.3, 0.4) is 0 Å². The van der Waals surface area contributed by atoms with E-state index >= 15 is 0 Å². The molecule has 1 aliphatic carbocycles. The molecule has 3 rings (SSSR count). The first kappa shape index (κ1) is 18.1. The molecule has 0 spiro atoms. The monoisotopic (exact) mass is 363 g/mol. The Kier molecular flexibility index (Phi) is 5.36. The van der Waals surface area contributed by atoms with E-state index in [4.69, 9.17) is 5.73 Å². The highest BCUT2D eigenvalue weighted by molar-refractivity contribution is 5.73. The van der Waals surface area contributed by atoms with Gasteiger partial charge in [-0.15, -0.1) is 0 Å². The Morgan fingerprint density at radius 1 is 1.19 bits per heavy atom. The van der Waals surface area contributed by atoms with Crippen LogP contribution in [-0.4, -0.2) is 13.3 Å². The summed E-state index contributed by atoms with van der Waals surface area (Å²) in [5.74, 6) is 4.75. The molecule has 1 aliphatic rings. The van der Waals surface area contributed by atoms with Gasteiger partial charge in [-0.3, -0.25) is 4.39 Å². The minimum absolute atomic E-state index is 0.00536. The van der Waals surface area contributed by atoms with E-state index in [0.29, 0.717) is 11.1 Å². The van der Waals surface area contributed by atoms with E-state index in [2.05, 4.69) is 16.6 Å². The van der Waals surface area contributed by atoms with Crippen molar-refractivity contribution in [2.45, 2.75) is 31.8 Å². The molecule has 2 N–H and O–H groups in total. The topological polar surface area (TPSA) is 35.2 Å². The van der Waals surface area contributed by atoms with Crippen LogP contribution in [0.25, 0.3) is 11.1 Å². The van der Waals surface area contributed by atoms with Crippen LogP contribution in [-0.2, 0) is 0 Å². The SMILES string of the molecule is Nc1ccc(-c2ccc(OC(F)F)c(C3CC3)c2)c(F)c1C#CCCF. The van der Waals surface area contributed by atoms with E-state index in [-0.39, 0.29) is 34.9 Å². The zero-order valence-corrected chi connectivity index (χ0v) is 13.9. The molecule has 136 valence electrons. The normalized spacial score (nSPS) is 13.4. The van der Waals surface area contributed by atoms with E-state index in [1.54, 1.807) is 6.07 Å². The summed E-state index contributed by atoms with van der Waals surface area (Å²) >= 11 is 0. The number of halogens is 4. The summed E-state index contributed by atoms with van der Waals surface area (Å²) in [4.78, 5) is 0. The van der Waals surface area contributed by atoms with Gasteiger partial charge in [0.05, 0.1) is 11.3 Å². The minimum Gasteiger partial charge on any atom is -0.435 e. The van der Waals surface area contributed by atoms with Crippen LogP contribution in [0.5, 0.6) is 5.75 Å². The van der Waals surface area contributed by atoms with Gasteiger partial charge < -0.3 is 10.5 Å². The Hall–Kier alpha value is -2.68. The summed E-state index contributed by atoms with van der Waals surface area (Å²) in [7, 11) is 0. The first-order valence-electron chi connectivity index (χ1n) is 8.23. The fourth-order valence-corrected chi connectivity index (χ4v) is 2.77. The maximum absolute atomic E-state index is 14.9. The zero-order chi connectivity index (χ0) is 18.7. The number of rotatable bonds is 5. The van der Waals surface area contributed by atoms with Crippen LogP contribution < -0.4 is 10.5 Å². The molecular weight excluding hydrogens is 346 g/mol. The second-order valence-electron chi connectivity index (χ2n) is 6.04. The summed E-state index contributed by atoms with van der Waals surface area (Å²) in [5, 5.41) is 0. The Morgan fingerprint density at radius 3 is 2.62 bits per heavy atom. The van der Waals surface area contributed by atoms with Crippen LogP contribution in [0.4, 0.5) is 23.2 Å². The van der Waals surface area contributed by atoms with Crippen LogP contribution in [0.1, 0.15) is 36.3 Å². The van der Waals surface area contributed by atoms with Gasteiger partial charge in [0.2, 0.25) is 0 Å². The molecule has 2 aromatic rings. The lowest BCUT2D eigenvalue weighted by molar-refractivity contribution is -0.0504. The first-order chi connectivity index (χ1) is 12.5. The third kappa shape index (κ3) is 3.93. The van der Waals surface area contributed by atoms with Crippen molar-refractivity contribution in [1.29, 1.82) is 0 Å². The lowest BCUT2D eigenvalue weighted by atomic mass is 9.97. The van der Waals surface area contributed by atoms with Gasteiger partial charge >= 0.3 is 6.61 Å². The fraction of sp³-hybridized carbons (Fsp3) is 0.300. The van der Waals surface area contributed by atoms with Crippen molar-refractivity contribution in [3.8, 4) is 28.7 Å². The molecule has 26 heavy (non-hydrogen) atoms. The van der Waals surface area contributed by atoms with Crippen molar-refractivity contribution in [2.24, 2.45) is 0 Å². The van der Waals surface area contributed by atoms with Crippen LogP contribution in [0.15, 0.2) is 30.3 Å². The Balaban J connectivity index is 2.03. The van der Waals surface area contributed by atoms with Crippen molar-refractivity contribution in [3.63, 3.8) is 0 Å². The van der Waals surface area contributed by atoms with E-state index in [0.717, 1.165) is 12.8 Å². The third-order valence-corrected chi connectivity index (χ3v) is 4.16. The van der Waals surface area contributed by atoms with Crippen molar-refractivity contribution in [1.82, 2.24) is 0 Å². The molecule has 0 saturated heterocycles. The molecule has 0 aromatic heterocycles. The predicted octanol–water partition coefficient (Wildman–Crippen LogP) is 5.26. The van der Waals surface area contributed by atoms with Crippen molar-refractivity contribution < 1.29 is 22.3 Å². The number of hydrogen-bond acceptors (Lipinski definition) is 2. The van der Waals surface area contributed by atoms with Gasteiger partial charge in [0.1, 0.15) is 18.2 Å².